The minimum atomic E-state index is -4.45. The molecule has 2 aromatic rings. The van der Waals surface area contributed by atoms with Crippen molar-refractivity contribution in [3.8, 4) is 5.75 Å². The fourth-order valence-corrected chi connectivity index (χ4v) is 2.53. The molecule has 2 N–H and O–H groups in total. The number of methoxy groups -OCH3 is 1. The predicted octanol–water partition coefficient (Wildman–Crippen LogP) is 3.07. The van der Waals surface area contributed by atoms with Crippen LogP contribution >= 0.6 is 0 Å². The van der Waals surface area contributed by atoms with Gasteiger partial charge in [0.15, 0.2) is 0 Å². The molecule has 0 saturated carbocycles. The van der Waals surface area contributed by atoms with Crippen LogP contribution in [0.25, 0.3) is 0 Å². The maximum atomic E-state index is 12.6. The van der Waals surface area contributed by atoms with Gasteiger partial charge in [0.05, 0.1) is 19.1 Å². The first-order valence-corrected chi connectivity index (χ1v) is 8.01. The van der Waals surface area contributed by atoms with E-state index >= 15 is 0 Å². The Kier molecular flexibility index (Phi) is 6.44. The number of benzene rings is 2. The number of halogens is 3. The van der Waals surface area contributed by atoms with E-state index in [4.69, 9.17) is 4.74 Å². The minimum absolute atomic E-state index is 0.0120. The number of carbonyl (C=O) groups excluding carboxylic acids is 1. The van der Waals surface area contributed by atoms with E-state index in [-0.39, 0.29) is 12.8 Å². The van der Waals surface area contributed by atoms with Crippen LogP contribution in [0.1, 0.15) is 16.7 Å². The Morgan fingerprint density at radius 2 is 1.74 bits per heavy atom. The van der Waals surface area contributed by atoms with Crippen LogP contribution in [-0.4, -0.2) is 30.1 Å². The summed E-state index contributed by atoms with van der Waals surface area (Å²) in [7, 11) is 1.46. The SMILES string of the molecule is COc1ccccc1C[C@@H](NC(=O)Cc1ccc(C(F)(F)F)cc1)C(=O)O. The van der Waals surface area contributed by atoms with Crippen LogP contribution in [0.3, 0.4) is 0 Å². The van der Waals surface area contributed by atoms with E-state index in [9.17, 15) is 27.9 Å². The number of amides is 1. The number of alkyl halides is 3. The molecule has 5 nitrogen and oxygen atoms in total. The highest BCUT2D eigenvalue weighted by Gasteiger charge is 2.30. The maximum Gasteiger partial charge on any atom is 0.416 e. The molecule has 0 bridgehead atoms. The maximum absolute atomic E-state index is 12.6. The molecule has 0 aliphatic heterocycles. The quantitative estimate of drug-likeness (QED) is 0.773. The van der Waals surface area contributed by atoms with E-state index in [0.29, 0.717) is 16.9 Å². The zero-order chi connectivity index (χ0) is 20.0. The molecule has 0 aliphatic carbocycles. The van der Waals surface area contributed by atoms with Crippen molar-refractivity contribution >= 4 is 11.9 Å². The van der Waals surface area contributed by atoms with Gasteiger partial charge in [-0.05, 0) is 29.3 Å². The van der Waals surface area contributed by atoms with Crippen LogP contribution in [-0.2, 0) is 28.6 Å². The van der Waals surface area contributed by atoms with Gasteiger partial charge in [-0.2, -0.15) is 13.2 Å². The lowest BCUT2D eigenvalue weighted by atomic mass is 10.0. The second kappa shape index (κ2) is 8.57. The van der Waals surface area contributed by atoms with Crippen LogP contribution in [0.2, 0.25) is 0 Å². The Balaban J connectivity index is 2.03. The topological polar surface area (TPSA) is 75.6 Å². The fraction of sp³-hybridized carbons (Fsp3) is 0.263. The summed E-state index contributed by atoms with van der Waals surface area (Å²) in [4.78, 5) is 23.6. The van der Waals surface area contributed by atoms with Crippen LogP contribution in [0.15, 0.2) is 48.5 Å². The summed E-state index contributed by atoms with van der Waals surface area (Å²) in [5.41, 5.74) is 0.149. The highest BCUT2D eigenvalue weighted by Crippen LogP contribution is 2.29. The molecule has 27 heavy (non-hydrogen) atoms. The molecular formula is C19H18F3NO4. The van der Waals surface area contributed by atoms with Gasteiger partial charge in [-0.15, -0.1) is 0 Å². The Labute approximate surface area is 153 Å². The second-order valence-electron chi connectivity index (χ2n) is 5.85. The summed E-state index contributed by atoms with van der Waals surface area (Å²) in [5.74, 6) is -1.32. The lowest BCUT2D eigenvalue weighted by Crippen LogP contribution is -2.43. The number of hydrogen-bond acceptors (Lipinski definition) is 3. The molecule has 8 heteroatoms. The molecule has 1 amide bonds. The van der Waals surface area contributed by atoms with E-state index in [2.05, 4.69) is 5.32 Å². The van der Waals surface area contributed by atoms with Gasteiger partial charge in [0.2, 0.25) is 5.91 Å². The molecule has 0 heterocycles. The first kappa shape index (κ1) is 20.3. The molecule has 1 atom stereocenters. The van der Waals surface area contributed by atoms with Crippen molar-refractivity contribution in [1.82, 2.24) is 5.32 Å². The zero-order valence-corrected chi connectivity index (χ0v) is 14.4. The molecule has 0 unspecified atom stereocenters. The summed E-state index contributed by atoms with van der Waals surface area (Å²) in [6.07, 6.45) is -4.67. The smallest absolute Gasteiger partial charge is 0.416 e. The number of aliphatic carboxylic acids is 1. The van der Waals surface area contributed by atoms with E-state index in [0.717, 1.165) is 12.1 Å². The molecular weight excluding hydrogens is 363 g/mol. The average molecular weight is 381 g/mol. The van der Waals surface area contributed by atoms with Crippen molar-refractivity contribution in [1.29, 1.82) is 0 Å². The van der Waals surface area contributed by atoms with Crippen LogP contribution in [0, 0.1) is 0 Å². The molecule has 0 fully saturated rings. The highest BCUT2D eigenvalue weighted by atomic mass is 19.4. The highest BCUT2D eigenvalue weighted by molar-refractivity contribution is 5.85. The van der Waals surface area contributed by atoms with Crippen molar-refractivity contribution in [3.05, 3.63) is 65.2 Å². The summed E-state index contributed by atoms with van der Waals surface area (Å²) in [6.45, 7) is 0. The number of rotatable bonds is 7. The Morgan fingerprint density at radius 1 is 1.11 bits per heavy atom. The van der Waals surface area contributed by atoms with Gasteiger partial charge in [0.1, 0.15) is 11.8 Å². The van der Waals surface area contributed by atoms with Crippen LogP contribution in [0.5, 0.6) is 5.75 Å². The van der Waals surface area contributed by atoms with Crippen molar-refractivity contribution in [2.45, 2.75) is 25.1 Å². The van der Waals surface area contributed by atoms with E-state index in [1.54, 1.807) is 24.3 Å². The van der Waals surface area contributed by atoms with Crippen molar-refractivity contribution in [2.24, 2.45) is 0 Å². The first-order valence-electron chi connectivity index (χ1n) is 8.01. The van der Waals surface area contributed by atoms with Gasteiger partial charge in [-0.3, -0.25) is 4.79 Å². The van der Waals surface area contributed by atoms with Gasteiger partial charge in [-0.25, -0.2) is 4.79 Å². The average Bonchev–Trinajstić information content (AvgIpc) is 2.61. The number of hydrogen-bond donors (Lipinski definition) is 2. The number of nitrogens with one attached hydrogen (secondary N) is 1. The number of ether oxygens (including phenoxy) is 1. The third-order valence-corrected chi connectivity index (χ3v) is 3.90. The van der Waals surface area contributed by atoms with Crippen LogP contribution in [0.4, 0.5) is 13.2 Å². The minimum Gasteiger partial charge on any atom is -0.496 e. The molecule has 0 aliphatic rings. The van der Waals surface area contributed by atoms with E-state index < -0.39 is 29.7 Å². The molecule has 0 radical (unpaired) electrons. The molecule has 144 valence electrons. The Morgan fingerprint density at radius 3 is 2.30 bits per heavy atom. The van der Waals surface area contributed by atoms with Gasteiger partial charge >= 0.3 is 12.1 Å². The number of para-hydroxylation sites is 1. The monoisotopic (exact) mass is 381 g/mol. The lowest BCUT2D eigenvalue weighted by molar-refractivity contribution is -0.141. The Bertz CT molecular complexity index is 803. The number of carboxylic acid groups (broad SMARTS) is 1. The molecule has 2 rings (SSSR count). The standard InChI is InChI=1S/C19H18F3NO4/c1-27-16-5-3-2-4-13(16)11-15(18(25)26)23-17(24)10-12-6-8-14(9-7-12)19(20,21)22/h2-9,15H,10-11H2,1H3,(H,23,24)(H,25,26)/t15-/m1/s1. The van der Waals surface area contributed by atoms with Gasteiger partial charge in [0, 0.05) is 6.42 Å². The third-order valence-electron chi connectivity index (χ3n) is 3.90. The summed E-state index contributed by atoms with van der Waals surface area (Å²) in [6, 6.07) is 9.79. The van der Waals surface area contributed by atoms with Crippen molar-refractivity contribution in [3.63, 3.8) is 0 Å². The third kappa shape index (κ3) is 5.73. The normalized spacial score (nSPS) is 12.3. The summed E-state index contributed by atoms with van der Waals surface area (Å²) >= 11 is 0. The van der Waals surface area contributed by atoms with E-state index in [1.165, 1.54) is 19.2 Å². The lowest BCUT2D eigenvalue weighted by Gasteiger charge is -2.16. The molecule has 0 aromatic heterocycles. The molecule has 2 aromatic carbocycles. The second-order valence-corrected chi connectivity index (χ2v) is 5.85. The van der Waals surface area contributed by atoms with Crippen molar-refractivity contribution in [2.75, 3.05) is 7.11 Å². The molecule has 0 spiro atoms. The zero-order valence-electron chi connectivity index (χ0n) is 14.4. The van der Waals surface area contributed by atoms with Gasteiger partial charge < -0.3 is 15.2 Å². The first-order chi connectivity index (χ1) is 12.7. The predicted molar refractivity (Wildman–Crippen MR) is 91.4 cm³/mol. The largest absolute Gasteiger partial charge is 0.496 e. The van der Waals surface area contributed by atoms with E-state index in [1.807, 2.05) is 0 Å². The number of carbonyl (C=O) groups is 2. The molecule has 0 saturated heterocycles. The number of carboxylic acids is 1. The van der Waals surface area contributed by atoms with Gasteiger partial charge in [0.25, 0.3) is 0 Å². The summed E-state index contributed by atoms with van der Waals surface area (Å²) < 4.78 is 42.8. The van der Waals surface area contributed by atoms with Gasteiger partial charge in [-0.1, -0.05) is 30.3 Å². The fourth-order valence-electron chi connectivity index (χ4n) is 2.53. The summed E-state index contributed by atoms with van der Waals surface area (Å²) in [5, 5.41) is 11.8. The van der Waals surface area contributed by atoms with Crippen LogP contribution < -0.4 is 10.1 Å². The Hall–Kier alpha value is -3.03. The van der Waals surface area contributed by atoms with Crippen molar-refractivity contribution < 1.29 is 32.6 Å².